The molecule has 0 aliphatic rings. The molecule has 7 heteroatoms. The number of hydrogen-bond acceptors (Lipinski definition) is 7. The molecule has 7 nitrogen and oxygen atoms in total. The van der Waals surface area contributed by atoms with E-state index in [0.717, 1.165) is 0 Å². The van der Waals surface area contributed by atoms with Crippen LogP contribution < -0.4 is 15.8 Å². The summed E-state index contributed by atoms with van der Waals surface area (Å²) in [5.74, 6) is 0.575. The van der Waals surface area contributed by atoms with Crippen molar-refractivity contribution in [1.82, 2.24) is 4.98 Å². The summed E-state index contributed by atoms with van der Waals surface area (Å²) < 4.78 is 4.94. The van der Waals surface area contributed by atoms with Crippen LogP contribution in [-0.4, -0.2) is 52.8 Å². The van der Waals surface area contributed by atoms with Gasteiger partial charge >= 0.3 is 0 Å². The first-order valence-electron chi connectivity index (χ1n) is 5.02. The van der Waals surface area contributed by atoms with E-state index in [-0.39, 0.29) is 5.88 Å². The number of anilines is 2. The van der Waals surface area contributed by atoms with Gasteiger partial charge in [-0.1, -0.05) is 0 Å². The van der Waals surface area contributed by atoms with Gasteiger partial charge in [0.2, 0.25) is 5.88 Å². The fourth-order valence-electron chi connectivity index (χ4n) is 1.22. The molecule has 0 radical (unpaired) electrons. The van der Waals surface area contributed by atoms with Crippen LogP contribution in [0.15, 0.2) is 12.1 Å². The zero-order valence-corrected chi connectivity index (χ0v) is 9.55. The van der Waals surface area contributed by atoms with E-state index in [4.69, 9.17) is 25.8 Å². The zero-order valence-electron chi connectivity index (χ0n) is 9.55. The van der Waals surface area contributed by atoms with E-state index in [2.05, 4.69) is 10.3 Å². The van der Waals surface area contributed by atoms with Gasteiger partial charge in [0.05, 0.1) is 32.6 Å². The number of aliphatic hydroxyl groups excluding tert-OH is 3. The normalized spacial score (nSPS) is 11.3. The first kappa shape index (κ1) is 13.5. The number of nitrogen functional groups attached to an aromatic ring is 1. The van der Waals surface area contributed by atoms with Gasteiger partial charge in [-0.15, -0.1) is 0 Å². The molecule has 0 atom stereocenters. The van der Waals surface area contributed by atoms with Crippen LogP contribution in [0.5, 0.6) is 5.88 Å². The fourth-order valence-corrected chi connectivity index (χ4v) is 1.22. The first-order valence-corrected chi connectivity index (χ1v) is 5.02. The first-order chi connectivity index (χ1) is 8.10. The van der Waals surface area contributed by atoms with E-state index in [9.17, 15) is 0 Å². The second kappa shape index (κ2) is 5.67. The molecule has 1 rings (SSSR count). The molecule has 0 spiro atoms. The van der Waals surface area contributed by atoms with Gasteiger partial charge in [-0.2, -0.15) is 4.98 Å². The maximum atomic E-state index is 9.15. The Morgan fingerprint density at radius 1 is 1.29 bits per heavy atom. The van der Waals surface area contributed by atoms with Crippen molar-refractivity contribution in [2.24, 2.45) is 0 Å². The third kappa shape index (κ3) is 2.96. The molecule has 0 fully saturated rings. The van der Waals surface area contributed by atoms with E-state index in [0.29, 0.717) is 11.5 Å². The van der Waals surface area contributed by atoms with Gasteiger partial charge in [-0.3, -0.25) is 0 Å². The Morgan fingerprint density at radius 3 is 2.35 bits per heavy atom. The maximum absolute atomic E-state index is 9.15. The van der Waals surface area contributed by atoms with Crippen molar-refractivity contribution in [3.05, 3.63) is 12.1 Å². The Bertz CT molecular complexity index is 360. The molecule has 0 unspecified atom stereocenters. The van der Waals surface area contributed by atoms with Crippen LogP contribution >= 0.6 is 0 Å². The van der Waals surface area contributed by atoms with Gasteiger partial charge in [0, 0.05) is 0 Å². The third-order valence-electron chi connectivity index (χ3n) is 2.38. The lowest BCUT2D eigenvalue weighted by molar-refractivity contribution is 0.0830. The number of pyridine rings is 1. The summed E-state index contributed by atoms with van der Waals surface area (Å²) in [5.41, 5.74) is 4.75. The lowest BCUT2D eigenvalue weighted by Crippen LogP contribution is -2.49. The highest BCUT2D eigenvalue weighted by molar-refractivity contribution is 5.54. The fraction of sp³-hybridized carbons (Fsp3) is 0.500. The minimum atomic E-state index is -1.23. The highest BCUT2D eigenvalue weighted by Gasteiger charge is 2.28. The van der Waals surface area contributed by atoms with Crippen LogP contribution in [0.3, 0.4) is 0 Å². The van der Waals surface area contributed by atoms with E-state index in [1.165, 1.54) is 7.11 Å². The van der Waals surface area contributed by atoms with Crippen LogP contribution in [0.2, 0.25) is 0 Å². The van der Waals surface area contributed by atoms with Crippen molar-refractivity contribution in [2.45, 2.75) is 5.54 Å². The smallest absolute Gasteiger partial charge is 0.238 e. The number of ether oxygens (including phenoxy) is 1. The number of aliphatic hydroxyl groups is 3. The summed E-state index contributed by atoms with van der Waals surface area (Å²) in [6, 6.07) is 3.14. The van der Waals surface area contributed by atoms with Crippen molar-refractivity contribution in [2.75, 3.05) is 38.0 Å². The van der Waals surface area contributed by atoms with E-state index in [1.54, 1.807) is 12.1 Å². The predicted molar refractivity (Wildman–Crippen MR) is 62.8 cm³/mol. The number of rotatable bonds is 6. The summed E-state index contributed by atoms with van der Waals surface area (Å²) in [4.78, 5) is 4.03. The molecular formula is C10H17N3O4. The van der Waals surface area contributed by atoms with Gasteiger partial charge in [-0.05, 0) is 12.1 Å². The Morgan fingerprint density at radius 2 is 1.88 bits per heavy atom. The van der Waals surface area contributed by atoms with Crippen molar-refractivity contribution in [1.29, 1.82) is 0 Å². The summed E-state index contributed by atoms with van der Waals surface area (Å²) >= 11 is 0. The van der Waals surface area contributed by atoms with Gasteiger partial charge < -0.3 is 31.1 Å². The van der Waals surface area contributed by atoms with Crippen LogP contribution in [0.25, 0.3) is 0 Å². The van der Waals surface area contributed by atoms with E-state index < -0.39 is 25.4 Å². The number of nitrogens with zero attached hydrogens (tertiary/aromatic N) is 1. The molecule has 0 saturated carbocycles. The molecule has 1 aromatic heterocycles. The summed E-state index contributed by atoms with van der Waals surface area (Å²) in [6.07, 6.45) is 0. The highest BCUT2D eigenvalue weighted by Crippen LogP contribution is 2.22. The molecule has 17 heavy (non-hydrogen) atoms. The standard InChI is InChI=1S/C10H17N3O4/c1-17-9-7(11)2-3-8(12-9)13-10(4-14,5-15)6-16/h2-3,14-16H,4-6,11H2,1H3,(H,12,13). The molecule has 0 aliphatic heterocycles. The quantitative estimate of drug-likeness (QED) is 0.425. The van der Waals surface area contributed by atoms with Crippen molar-refractivity contribution >= 4 is 11.5 Å². The van der Waals surface area contributed by atoms with Gasteiger partial charge in [0.25, 0.3) is 0 Å². The minimum absolute atomic E-state index is 0.234. The van der Waals surface area contributed by atoms with Crippen molar-refractivity contribution in [3.63, 3.8) is 0 Å². The predicted octanol–water partition coefficient (Wildman–Crippen LogP) is -1.20. The van der Waals surface area contributed by atoms with Crippen LogP contribution in [0.4, 0.5) is 11.5 Å². The molecule has 6 N–H and O–H groups in total. The van der Waals surface area contributed by atoms with Crippen LogP contribution in [0.1, 0.15) is 0 Å². The summed E-state index contributed by atoms with van der Waals surface area (Å²) in [6.45, 7) is -1.31. The number of nitrogens with two attached hydrogens (primary N) is 1. The molecule has 0 aliphatic carbocycles. The average Bonchev–Trinajstić information content (AvgIpc) is 2.38. The Hall–Kier alpha value is -1.57. The highest BCUT2D eigenvalue weighted by atomic mass is 16.5. The van der Waals surface area contributed by atoms with Crippen molar-refractivity contribution < 1.29 is 20.1 Å². The molecule has 0 aromatic carbocycles. The maximum Gasteiger partial charge on any atom is 0.238 e. The van der Waals surface area contributed by atoms with E-state index in [1.807, 2.05) is 0 Å². The lowest BCUT2D eigenvalue weighted by atomic mass is 10.0. The Labute approximate surface area is 98.9 Å². The van der Waals surface area contributed by atoms with Gasteiger partial charge in [0.15, 0.2) is 0 Å². The molecule has 1 aromatic rings. The molecular weight excluding hydrogens is 226 g/mol. The van der Waals surface area contributed by atoms with Crippen LogP contribution in [-0.2, 0) is 0 Å². The van der Waals surface area contributed by atoms with E-state index >= 15 is 0 Å². The Balaban J connectivity index is 2.94. The lowest BCUT2D eigenvalue weighted by Gasteiger charge is -2.29. The second-order valence-electron chi connectivity index (χ2n) is 3.67. The molecule has 0 saturated heterocycles. The van der Waals surface area contributed by atoms with Gasteiger partial charge in [0.1, 0.15) is 11.4 Å². The molecule has 0 bridgehead atoms. The largest absolute Gasteiger partial charge is 0.479 e. The minimum Gasteiger partial charge on any atom is -0.479 e. The number of nitrogens with one attached hydrogen (secondary N) is 1. The van der Waals surface area contributed by atoms with Gasteiger partial charge in [-0.25, -0.2) is 0 Å². The number of aromatic nitrogens is 1. The molecule has 96 valence electrons. The topological polar surface area (TPSA) is 121 Å². The molecule has 0 amide bonds. The second-order valence-corrected chi connectivity index (χ2v) is 3.67. The van der Waals surface area contributed by atoms with Crippen LogP contribution in [0, 0.1) is 0 Å². The average molecular weight is 243 g/mol. The number of methoxy groups -OCH3 is 1. The third-order valence-corrected chi connectivity index (χ3v) is 2.38. The molecule has 1 heterocycles. The summed E-state index contributed by atoms with van der Waals surface area (Å²) in [5, 5.41) is 30.2. The Kier molecular flexibility index (Phi) is 4.50. The SMILES string of the molecule is COc1nc(NC(CO)(CO)CO)ccc1N. The summed E-state index contributed by atoms with van der Waals surface area (Å²) in [7, 11) is 1.43. The monoisotopic (exact) mass is 243 g/mol. The number of hydrogen-bond donors (Lipinski definition) is 5. The van der Waals surface area contributed by atoms with Crippen molar-refractivity contribution in [3.8, 4) is 5.88 Å². The zero-order chi connectivity index (χ0) is 12.9.